The molecule has 0 amide bonds. The summed E-state index contributed by atoms with van der Waals surface area (Å²) >= 11 is 0. The molecule has 0 unspecified atom stereocenters. The van der Waals surface area contributed by atoms with Gasteiger partial charge in [0.05, 0.1) is 18.4 Å². The van der Waals surface area contributed by atoms with E-state index in [1.807, 2.05) is 30.3 Å². The minimum Gasteiger partial charge on any atom is -0.372 e. The summed E-state index contributed by atoms with van der Waals surface area (Å²) in [6.07, 6.45) is 3.43. The van der Waals surface area contributed by atoms with Gasteiger partial charge in [-0.2, -0.15) is 9.50 Å². The summed E-state index contributed by atoms with van der Waals surface area (Å²) in [5.41, 5.74) is 1.88. The Morgan fingerprint density at radius 2 is 1.79 bits per heavy atom. The van der Waals surface area contributed by atoms with E-state index in [2.05, 4.69) is 42.8 Å². The van der Waals surface area contributed by atoms with Crippen LogP contribution in [-0.2, 0) is 11.3 Å². The van der Waals surface area contributed by atoms with Crippen molar-refractivity contribution in [2.75, 3.05) is 0 Å². The minimum atomic E-state index is -0.178. The van der Waals surface area contributed by atoms with Crippen LogP contribution in [0.4, 0.5) is 0 Å². The van der Waals surface area contributed by atoms with Crippen molar-refractivity contribution >= 4 is 5.78 Å². The van der Waals surface area contributed by atoms with Gasteiger partial charge in [0, 0.05) is 11.6 Å². The van der Waals surface area contributed by atoms with Crippen LogP contribution in [0.25, 0.3) is 17.2 Å². The molecule has 0 saturated heterocycles. The van der Waals surface area contributed by atoms with Crippen LogP contribution in [-0.4, -0.2) is 25.7 Å². The highest BCUT2D eigenvalue weighted by Gasteiger charge is 2.38. The van der Waals surface area contributed by atoms with Crippen LogP contribution < -0.4 is 5.56 Å². The van der Waals surface area contributed by atoms with Gasteiger partial charge in [-0.15, -0.1) is 0 Å². The monoisotopic (exact) mass is 380 g/mol. The molecule has 1 aliphatic carbocycles. The highest BCUT2D eigenvalue weighted by Crippen LogP contribution is 2.46. The average Bonchev–Trinajstić information content (AvgIpc) is 3.03. The topological polar surface area (TPSA) is 72.3 Å². The van der Waals surface area contributed by atoms with Gasteiger partial charge in [-0.05, 0) is 30.1 Å². The van der Waals surface area contributed by atoms with Crippen LogP contribution in [0.15, 0.2) is 41.2 Å². The van der Waals surface area contributed by atoms with Crippen molar-refractivity contribution < 1.29 is 4.74 Å². The number of nitrogens with one attached hydrogen (secondary N) is 1. The number of fused-ring (bicyclic) bond motifs is 1. The van der Waals surface area contributed by atoms with Gasteiger partial charge in [0.2, 0.25) is 0 Å². The van der Waals surface area contributed by atoms with Crippen molar-refractivity contribution in [1.29, 1.82) is 0 Å². The molecule has 4 rings (SSSR count). The maximum absolute atomic E-state index is 12.5. The fourth-order valence-electron chi connectivity index (χ4n) is 4.79. The molecule has 2 aromatic heterocycles. The van der Waals surface area contributed by atoms with Crippen LogP contribution in [0.1, 0.15) is 52.7 Å². The van der Waals surface area contributed by atoms with E-state index in [4.69, 9.17) is 4.74 Å². The lowest BCUT2D eigenvalue weighted by Crippen LogP contribution is -2.38. The largest absolute Gasteiger partial charge is 0.372 e. The third-order valence-corrected chi connectivity index (χ3v) is 5.42. The smallest absolute Gasteiger partial charge is 0.274 e. The molecule has 1 fully saturated rings. The number of H-pyrrole nitrogens is 1. The average molecular weight is 380 g/mol. The molecule has 28 heavy (non-hydrogen) atoms. The van der Waals surface area contributed by atoms with Crippen molar-refractivity contribution in [3.63, 3.8) is 0 Å². The molecule has 6 heteroatoms. The van der Waals surface area contributed by atoms with Crippen molar-refractivity contribution in [2.24, 2.45) is 10.8 Å². The van der Waals surface area contributed by atoms with E-state index in [0.717, 1.165) is 18.4 Å². The van der Waals surface area contributed by atoms with Gasteiger partial charge in [0.15, 0.2) is 5.82 Å². The molecule has 1 aliphatic rings. The zero-order chi connectivity index (χ0) is 19.9. The molecule has 0 radical (unpaired) electrons. The lowest BCUT2D eigenvalue weighted by atomic mass is 9.64. The highest BCUT2D eigenvalue weighted by molar-refractivity contribution is 5.56. The van der Waals surface area contributed by atoms with E-state index < -0.39 is 0 Å². The van der Waals surface area contributed by atoms with Gasteiger partial charge < -0.3 is 4.74 Å². The summed E-state index contributed by atoms with van der Waals surface area (Å²) in [7, 11) is 0. The molecule has 6 nitrogen and oxygen atoms in total. The Kier molecular flexibility index (Phi) is 4.62. The summed E-state index contributed by atoms with van der Waals surface area (Å²) in [4.78, 5) is 21.5. The first-order valence-electron chi connectivity index (χ1n) is 9.87. The fraction of sp³-hybridized carbons (Fsp3) is 0.500. The van der Waals surface area contributed by atoms with Crippen LogP contribution in [0, 0.1) is 10.8 Å². The molecule has 1 N–H and O–H groups in total. The summed E-state index contributed by atoms with van der Waals surface area (Å²) in [5.74, 6) is 0.994. The Hall–Kier alpha value is -2.47. The molecule has 0 spiro atoms. The predicted octanol–water partition coefficient (Wildman–Crippen LogP) is 4.21. The van der Waals surface area contributed by atoms with Crippen molar-refractivity contribution in [2.45, 2.75) is 59.7 Å². The molecule has 0 bridgehead atoms. The summed E-state index contributed by atoms with van der Waals surface area (Å²) < 4.78 is 7.56. The Balaban J connectivity index is 1.54. The number of rotatable bonds is 4. The summed E-state index contributed by atoms with van der Waals surface area (Å²) in [5, 5.41) is 3.02. The molecule has 0 aliphatic heterocycles. The number of nitrogens with zero attached hydrogens (tertiary/aromatic N) is 3. The first-order chi connectivity index (χ1) is 13.2. The molecule has 1 saturated carbocycles. The van der Waals surface area contributed by atoms with Gasteiger partial charge in [-0.3, -0.25) is 9.89 Å². The van der Waals surface area contributed by atoms with E-state index in [9.17, 15) is 4.79 Å². The maximum Gasteiger partial charge on any atom is 0.274 e. The SMILES string of the molecule is CC1(C)CC(OCc2cc(=O)n3[nH]c(-c4ccccc4)nc3n2)CC(C)(C)C1. The number of aromatic nitrogens is 4. The van der Waals surface area contributed by atoms with Gasteiger partial charge in [-0.1, -0.05) is 58.0 Å². The molecular formula is C22H28N4O2. The zero-order valence-corrected chi connectivity index (χ0v) is 17.0. The number of hydrogen-bond acceptors (Lipinski definition) is 4. The van der Waals surface area contributed by atoms with Crippen LogP contribution >= 0.6 is 0 Å². The first-order valence-corrected chi connectivity index (χ1v) is 9.87. The summed E-state index contributed by atoms with van der Waals surface area (Å²) in [6.45, 7) is 9.54. The standard InChI is InChI=1S/C22H28N4O2/c1-21(2)11-17(12-22(3,4)14-21)28-13-16-10-18(27)26-20(23-16)24-19(25-26)15-8-6-5-7-9-15/h5-10,17H,11-14H2,1-4H3,(H,23,24,25). The minimum absolute atomic E-state index is 0.178. The van der Waals surface area contributed by atoms with Gasteiger partial charge in [0.25, 0.3) is 11.3 Å². The van der Waals surface area contributed by atoms with Crippen LogP contribution in [0.3, 0.4) is 0 Å². The molecule has 3 aromatic rings. The molecule has 2 heterocycles. The molecule has 1 aromatic carbocycles. The quantitative estimate of drug-likeness (QED) is 0.736. The second-order valence-electron chi connectivity index (χ2n) is 9.51. The first kappa shape index (κ1) is 18.9. The number of aromatic amines is 1. The summed E-state index contributed by atoms with van der Waals surface area (Å²) in [6, 6.07) is 11.2. The second-order valence-corrected chi connectivity index (χ2v) is 9.51. The third-order valence-electron chi connectivity index (χ3n) is 5.42. The van der Waals surface area contributed by atoms with E-state index >= 15 is 0 Å². The van der Waals surface area contributed by atoms with Crippen LogP contribution in [0.5, 0.6) is 0 Å². The number of benzene rings is 1. The Labute approximate surface area is 165 Å². The van der Waals surface area contributed by atoms with E-state index in [1.54, 1.807) is 0 Å². The van der Waals surface area contributed by atoms with E-state index in [-0.39, 0.29) is 22.5 Å². The van der Waals surface area contributed by atoms with Crippen molar-refractivity contribution in [3.8, 4) is 11.4 Å². The van der Waals surface area contributed by atoms with Crippen LogP contribution in [0.2, 0.25) is 0 Å². The Morgan fingerprint density at radius 3 is 2.46 bits per heavy atom. The van der Waals surface area contributed by atoms with E-state index in [0.29, 0.717) is 23.9 Å². The fourth-order valence-corrected chi connectivity index (χ4v) is 4.79. The van der Waals surface area contributed by atoms with Gasteiger partial charge in [0.1, 0.15) is 0 Å². The third kappa shape index (κ3) is 4.02. The second kappa shape index (κ2) is 6.85. The van der Waals surface area contributed by atoms with Gasteiger partial charge in [-0.25, -0.2) is 4.98 Å². The highest BCUT2D eigenvalue weighted by atomic mass is 16.5. The zero-order valence-electron chi connectivity index (χ0n) is 17.0. The number of ether oxygens (including phenoxy) is 1. The molecule has 0 atom stereocenters. The lowest BCUT2D eigenvalue weighted by Gasteiger charge is -2.44. The molecule has 148 valence electrons. The van der Waals surface area contributed by atoms with Gasteiger partial charge >= 0.3 is 0 Å². The Bertz CT molecular complexity index is 1020. The lowest BCUT2D eigenvalue weighted by molar-refractivity contribution is -0.0571. The molecular weight excluding hydrogens is 352 g/mol. The van der Waals surface area contributed by atoms with E-state index in [1.165, 1.54) is 17.0 Å². The maximum atomic E-state index is 12.5. The van der Waals surface area contributed by atoms with Crippen molar-refractivity contribution in [1.82, 2.24) is 19.6 Å². The van der Waals surface area contributed by atoms with Crippen molar-refractivity contribution in [3.05, 3.63) is 52.4 Å². The number of hydrogen-bond donors (Lipinski definition) is 1. The Morgan fingerprint density at radius 1 is 1.11 bits per heavy atom. The predicted molar refractivity (Wildman–Crippen MR) is 109 cm³/mol. The normalized spacial score (nSPS) is 19.1.